The number of thioether (sulfide) groups is 1. The third-order valence-electron chi connectivity index (χ3n) is 4.16. The molecule has 0 aliphatic carbocycles. The van der Waals surface area contributed by atoms with Gasteiger partial charge in [0.25, 0.3) is 0 Å². The van der Waals surface area contributed by atoms with Crippen LogP contribution in [0.2, 0.25) is 0 Å². The number of amides is 1. The Morgan fingerprint density at radius 3 is 2.37 bits per heavy atom. The van der Waals surface area contributed by atoms with E-state index in [1.54, 1.807) is 0 Å². The van der Waals surface area contributed by atoms with Gasteiger partial charge in [0.2, 0.25) is 5.91 Å². The second kappa shape index (κ2) is 8.35. The number of anilines is 1. The van der Waals surface area contributed by atoms with Gasteiger partial charge in [0.15, 0.2) is 5.82 Å². The Hall–Kier alpha value is -2.66. The molecular formula is C22H23N3OS. The monoisotopic (exact) mass is 377 g/mol. The number of aromatic nitrogens is 2. The SMILES string of the molecule is Cc1ccc(-c2nc(C)cc(SCC(=O)Nc3cc(C)ccc3C)n2)cc1. The first-order valence-electron chi connectivity index (χ1n) is 8.83. The molecule has 0 atom stereocenters. The van der Waals surface area contributed by atoms with Gasteiger partial charge in [0.05, 0.1) is 5.75 Å². The minimum absolute atomic E-state index is 0.0400. The molecule has 0 fully saturated rings. The van der Waals surface area contributed by atoms with Crippen LogP contribution in [0.25, 0.3) is 11.4 Å². The highest BCUT2D eigenvalue weighted by Gasteiger charge is 2.09. The van der Waals surface area contributed by atoms with Gasteiger partial charge in [-0.05, 0) is 51.0 Å². The van der Waals surface area contributed by atoms with Crippen LogP contribution in [0.3, 0.4) is 0 Å². The lowest BCUT2D eigenvalue weighted by molar-refractivity contribution is -0.113. The summed E-state index contributed by atoms with van der Waals surface area (Å²) >= 11 is 1.42. The molecule has 1 aromatic heterocycles. The number of hydrogen-bond acceptors (Lipinski definition) is 4. The predicted octanol–water partition coefficient (Wildman–Crippen LogP) is 5.11. The molecule has 27 heavy (non-hydrogen) atoms. The normalized spacial score (nSPS) is 10.7. The van der Waals surface area contributed by atoms with E-state index < -0.39 is 0 Å². The summed E-state index contributed by atoms with van der Waals surface area (Å²) in [5.74, 6) is 0.950. The lowest BCUT2D eigenvalue weighted by Gasteiger charge is -2.10. The highest BCUT2D eigenvalue weighted by Crippen LogP contribution is 2.23. The Bertz CT molecular complexity index is 968. The van der Waals surface area contributed by atoms with Gasteiger partial charge in [-0.25, -0.2) is 9.97 Å². The molecule has 0 spiro atoms. The highest BCUT2D eigenvalue weighted by molar-refractivity contribution is 7.99. The van der Waals surface area contributed by atoms with Crippen LogP contribution < -0.4 is 5.32 Å². The molecule has 0 aliphatic rings. The summed E-state index contributed by atoms with van der Waals surface area (Å²) in [7, 11) is 0. The molecule has 0 saturated carbocycles. The van der Waals surface area contributed by atoms with Crippen molar-refractivity contribution < 1.29 is 4.79 Å². The number of aryl methyl sites for hydroxylation is 4. The zero-order valence-electron chi connectivity index (χ0n) is 16.0. The summed E-state index contributed by atoms with van der Waals surface area (Å²) in [6.07, 6.45) is 0. The molecule has 3 rings (SSSR count). The lowest BCUT2D eigenvalue weighted by Crippen LogP contribution is -2.15. The molecule has 2 aromatic carbocycles. The van der Waals surface area contributed by atoms with Crippen molar-refractivity contribution in [3.05, 3.63) is 70.9 Å². The number of nitrogens with one attached hydrogen (secondary N) is 1. The second-order valence-electron chi connectivity index (χ2n) is 6.69. The molecule has 1 amide bonds. The number of carbonyl (C=O) groups is 1. The van der Waals surface area contributed by atoms with Crippen LogP contribution in [0, 0.1) is 27.7 Å². The van der Waals surface area contributed by atoms with Gasteiger partial charge in [0.1, 0.15) is 5.03 Å². The summed E-state index contributed by atoms with van der Waals surface area (Å²) in [6.45, 7) is 8.00. The molecule has 0 bridgehead atoms. The van der Waals surface area contributed by atoms with Crippen molar-refractivity contribution in [3.8, 4) is 11.4 Å². The molecule has 1 heterocycles. The highest BCUT2D eigenvalue weighted by atomic mass is 32.2. The molecule has 3 aromatic rings. The molecule has 1 N–H and O–H groups in total. The van der Waals surface area contributed by atoms with Crippen LogP contribution in [-0.4, -0.2) is 21.6 Å². The van der Waals surface area contributed by atoms with E-state index in [0.717, 1.165) is 33.1 Å². The maximum Gasteiger partial charge on any atom is 0.234 e. The zero-order chi connectivity index (χ0) is 19.4. The summed E-state index contributed by atoms with van der Waals surface area (Å²) in [5, 5.41) is 3.79. The van der Waals surface area contributed by atoms with E-state index in [1.807, 2.05) is 69.3 Å². The van der Waals surface area contributed by atoms with Crippen molar-refractivity contribution in [1.29, 1.82) is 0 Å². The van der Waals surface area contributed by atoms with Gasteiger partial charge in [-0.2, -0.15) is 0 Å². The number of benzene rings is 2. The molecule has 0 saturated heterocycles. The average molecular weight is 378 g/mol. The van der Waals surface area contributed by atoms with E-state index in [-0.39, 0.29) is 5.91 Å². The fourth-order valence-electron chi connectivity index (χ4n) is 2.64. The Kier molecular flexibility index (Phi) is 5.91. The predicted molar refractivity (Wildman–Crippen MR) is 112 cm³/mol. The van der Waals surface area contributed by atoms with E-state index in [1.165, 1.54) is 17.3 Å². The van der Waals surface area contributed by atoms with E-state index in [4.69, 9.17) is 0 Å². The molecule has 0 unspecified atom stereocenters. The van der Waals surface area contributed by atoms with Gasteiger partial charge < -0.3 is 5.32 Å². The Balaban J connectivity index is 1.69. The van der Waals surface area contributed by atoms with Gasteiger partial charge in [0, 0.05) is 16.9 Å². The molecule has 5 heteroatoms. The first kappa shape index (κ1) is 19.1. The van der Waals surface area contributed by atoms with Crippen LogP contribution in [-0.2, 0) is 4.79 Å². The molecule has 0 aliphatic heterocycles. The fourth-order valence-corrected chi connectivity index (χ4v) is 3.40. The molecule has 138 valence electrons. The molecule has 0 radical (unpaired) electrons. The van der Waals surface area contributed by atoms with Crippen LogP contribution in [0.4, 0.5) is 5.69 Å². The van der Waals surface area contributed by atoms with E-state index in [2.05, 4.69) is 22.2 Å². The summed E-state index contributed by atoms with van der Waals surface area (Å²) < 4.78 is 0. The summed E-state index contributed by atoms with van der Waals surface area (Å²) in [6, 6.07) is 16.1. The van der Waals surface area contributed by atoms with Crippen LogP contribution in [0.15, 0.2) is 53.6 Å². The van der Waals surface area contributed by atoms with Crippen LogP contribution >= 0.6 is 11.8 Å². The third kappa shape index (κ3) is 5.17. The minimum atomic E-state index is -0.0400. The maximum absolute atomic E-state index is 12.4. The first-order valence-corrected chi connectivity index (χ1v) is 9.82. The quantitative estimate of drug-likeness (QED) is 0.496. The van der Waals surface area contributed by atoms with Crippen molar-refractivity contribution in [2.75, 3.05) is 11.1 Å². The summed E-state index contributed by atoms with van der Waals surface area (Å²) in [5.41, 5.74) is 6.10. The zero-order valence-corrected chi connectivity index (χ0v) is 16.9. The van der Waals surface area contributed by atoms with Gasteiger partial charge >= 0.3 is 0 Å². The largest absolute Gasteiger partial charge is 0.325 e. The van der Waals surface area contributed by atoms with E-state index in [9.17, 15) is 4.79 Å². The van der Waals surface area contributed by atoms with E-state index in [0.29, 0.717) is 11.6 Å². The fraction of sp³-hybridized carbons (Fsp3) is 0.227. The maximum atomic E-state index is 12.4. The van der Waals surface area contributed by atoms with Crippen molar-refractivity contribution >= 4 is 23.4 Å². The minimum Gasteiger partial charge on any atom is -0.325 e. The Morgan fingerprint density at radius 1 is 0.926 bits per heavy atom. The van der Waals surface area contributed by atoms with Gasteiger partial charge in [-0.3, -0.25) is 4.79 Å². The second-order valence-corrected chi connectivity index (χ2v) is 7.69. The first-order chi connectivity index (χ1) is 12.9. The number of hydrogen-bond donors (Lipinski definition) is 1. The molecular weight excluding hydrogens is 354 g/mol. The van der Waals surface area contributed by atoms with Crippen molar-refractivity contribution in [1.82, 2.24) is 9.97 Å². The van der Waals surface area contributed by atoms with Gasteiger partial charge in [-0.15, -0.1) is 0 Å². The van der Waals surface area contributed by atoms with Crippen LogP contribution in [0.5, 0.6) is 0 Å². The lowest BCUT2D eigenvalue weighted by atomic mass is 10.1. The number of carbonyl (C=O) groups excluding carboxylic acids is 1. The average Bonchev–Trinajstić information content (AvgIpc) is 2.63. The topological polar surface area (TPSA) is 54.9 Å². The third-order valence-corrected chi connectivity index (χ3v) is 5.07. The number of nitrogens with zero attached hydrogens (tertiary/aromatic N) is 2. The van der Waals surface area contributed by atoms with Crippen molar-refractivity contribution in [2.45, 2.75) is 32.7 Å². The van der Waals surface area contributed by atoms with Crippen LogP contribution in [0.1, 0.15) is 22.4 Å². The standard InChI is InChI=1S/C22H23N3OS/c1-14-6-9-18(10-7-14)22-23-17(4)12-21(25-22)27-13-20(26)24-19-11-15(2)5-8-16(19)3/h5-12H,13H2,1-4H3,(H,24,26). The van der Waals surface area contributed by atoms with Crippen molar-refractivity contribution in [2.24, 2.45) is 0 Å². The van der Waals surface area contributed by atoms with Crippen molar-refractivity contribution in [3.63, 3.8) is 0 Å². The Morgan fingerprint density at radius 2 is 1.63 bits per heavy atom. The smallest absolute Gasteiger partial charge is 0.234 e. The van der Waals surface area contributed by atoms with Gasteiger partial charge in [-0.1, -0.05) is 53.7 Å². The Labute approximate surface area is 164 Å². The molecule has 4 nitrogen and oxygen atoms in total. The van der Waals surface area contributed by atoms with E-state index >= 15 is 0 Å². The summed E-state index contributed by atoms with van der Waals surface area (Å²) in [4.78, 5) is 21.5. The number of rotatable bonds is 5.